The lowest BCUT2D eigenvalue weighted by atomic mass is 10.0. The van der Waals surface area contributed by atoms with E-state index in [1.54, 1.807) is 6.92 Å². The summed E-state index contributed by atoms with van der Waals surface area (Å²) in [6.07, 6.45) is -1.67. The van der Waals surface area contributed by atoms with Crippen LogP contribution in [0.3, 0.4) is 0 Å². The quantitative estimate of drug-likeness (QED) is 0.519. The highest BCUT2D eigenvalue weighted by molar-refractivity contribution is 5.31. The summed E-state index contributed by atoms with van der Waals surface area (Å²) in [4.78, 5) is 8.06. The van der Waals surface area contributed by atoms with Crippen molar-refractivity contribution in [2.75, 3.05) is 0 Å². The monoisotopic (exact) mass is 300 g/mol. The van der Waals surface area contributed by atoms with E-state index in [9.17, 15) is 17.6 Å². The first-order valence-corrected chi connectivity index (χ1v) is 5.94. The van der Waals surface area contributed by atoms with Crippen molar-refractivity contribution in [2.45, 2.75) is 19.1 Å². The number of hydrazine groups is 1. The van der Waals surface area contributed by atoms with Crippen LogP contribution in [-0.2, 0) is 6.18 Å². The number of nitrogens with two attached hydrogens (primary N) is 1. The molecule has 2 aromatic rings. The third-order valence-electron chi connectivity index (χ3n) is 2.86. The molecule has 1 aromatic heterocycles. The lowest BCUT2D eigenvalue weighted by molar-refractivity contribution is -0.140. The first-order valence-electron chi connectivity index (χ1n) is 5.94. The lowest BCUT2D eigenvalue weighted by Crippen LogP contribution is -2.30. The van der Waals surface area contributed by atoms with Gasteiger partial charge in [-0.3, -0.25) is 5.84 Å². The Morgan fingerprint density at radius 1 is 1.19 bits per heavy atom. The number of aromatic nitrogens is 2. The molecule has 8 heteroatoms. The second-order valence-electron chi connectivity index (χ2n) is 4.46. The number of aryl methyl sites for hydroxylation is 1. The molecule has 4 nitrogen and oxygen atoms in total. The lowest BCUT2D eigenvalue weighted by Gasteiger charge is -2.16. The highest BCUT2D eigenvalue weighted by Crippen LogP contribution is 2.32. The number of nitrogens with one attached hydrogen (secondary N) is 1. The van der Waals surface area contributed by atoms with Gasteiger partial charge in [-0.1, -0.05) is 6.07 Å². The second-order valence-corrected chi connectivity index (χ2v) is 4.46. The van der Waals surface area contributed by atoms with E-state index in [-0.39, 0.29) is 11.4 Å². The topological polar surface area (TPSA) is 63.8 Å². The molecule has 1 atom stereocenters. The number of hydrogen-bond donors (Lipinski definition) is 2. The molecule has 0 saturated heterocycles. The van der Waals surface area contributed by atoms with Gasteiger partial charge in [0, 0.05) is 12.4 Å². The van der Waals surface area contributed by atoms with E-state index in [0.29, 0.717) is 6.07 Å². The summed E-state index contributed by atoms with van der Waals surface area (Å²) in [6.45, 7) is 1.78. The fourth-order valence-electron chi connectivity index (χ4n) is 1.81. The third-order valence-corrected chi connectivity index (χ3v) is 2.86. The Kier molecular flexibility index (Phi) is 4.19. The molecule has 1 heterocycles. The van der Waals surface area contributed by atoms with Crippen LogP contribution >= 0.6 is 0 Å². The van der Waals surface area contributed by atoms with Crippen LogP contribution in [0.5, 0.6) is 0 Å². The van der Waals surface area contributed by atoms with Gasteiger partial charge in [0.2, 0.25) is 0 Å². The summed E-state index contributed by atoms with van der Waals surface area (Å²) >= 11 is 0. The normalized spacial score (nSPS) is 13.2. The predicted octanol–water partition coefficient (Wildman–Crippen LogP) is 2.50. The minimum absolute atomic E-state index is 0.201. The summed E-state index contributed by atoms with van der Waals surface area (Å²) in [5, 5.41) is 0. The molecule has 0 aliphatic heterocycles. The van der Waals surface area contributed by atoms with Gasteiger partial charge in [-0.05, 0) is 30.2 Å². The van der Waals surface area contributed by atoms with E-state index < -0.39 is 23.6 Å². The smallest absolute Gasteiger partial charge is 0.270 e. The Bertz CT molecular complexity index is 625. The van der Waals surface area contributed by atoms with Gasteiger partial charge in [-0.25, -0.2) is 19.8 Å². The highest BCUT2D eigenvalue weighted by Gasteiger charge is 2.34. The summed E-state index contributed by atoms with van der Waals surface area (Å²) in [5.74, 6) is 4.24. The fraction of sp³-hybridized carbons (Fsp3) is 0.231. The van der Waals surface area contributed by atoms with Crippen molar-refractivity contribution in [3.63, 3.8) is 0 Å². The standard InChI is InChI=1S/C13H12F4N4/c1-7-5-19-12(20-6-7)11(21-18)8-2-3-9(10(14)4-8)13(15,16)17/h2-6,11,21H,18H2,1H3. The van der Waals surface area contributed by atoms with Gasteiger partial charge >= 0.3 is 6.18 Å². The number of rotatable bonds is 3. The average Bonchev–Trinajstić information content (AvgIpc) is 2.40. The van der Waals surface area contributed by atoms with Crippen LogP contribution in [-0.4, -0.2) is 9.97 Å². The molecule has 0 amide bonds. The summed E-state index contributed by atoms with van der Waals surface area (Å²) in [7, 11) is 0. The SMILES string of the molecule is Cc1cnc(C(NN)c2ccc(C(F)(F)F)c(F)c2)nc1. The van der Waals surface area contributed by atoms with Crippen molar-refractivity contribution in [2.24, 2.45) is 5.84 Å². The summed E-state index contributed by atoms with van der Waals surface area (Å²) < 4.78 is 51.2. The molecule has 21 heavy (non-hydrogen) atoms. The molecule has 0 fully saturated rings. The van der Waals surface area contributed by atoms with E-state index >= 15 is 0 Å². The molecule has 0 aliphatic rings. The Hall–Kier alpha value is -2.06. The van der Waals surface area contributed by atoms with Gasteiger partial charge < -0.3 is 0 Å². The minimum atomic E-state index is -4.74. The molecule has 0 radical (unpaired) electrons. The van der Waals surface area contributed by atoms with Crippen molar-refractivity contribution in [1.82, 2.24) is 15.4 Å². The number of alkyl halides is 3. The maximum absolute atomic E-state index is 13.6. The predicted molar refractivity (Wildman–Crippen MR) is 67.3 cm³/mol. The van der Waals surface area contributed by atoms with Crippen LogP contribution in [0, 0.1) is 12.7 Å². The molecular formula is C13H12F4N4. The summed E-state index contributed by atoms with van der Waals surface area (Å²) in [6, 6.07) is 1.78. The van der Waals surface area contributed by atoms with Crippen molar-refractivity contribution >= 4 is 0 Å². The van der Waals surface area contributed by atoms with Crippen LogP contribution in [0.1, 0.15) is 28.6 Å². The first kappa shape index (κ1) is 15.3. The maximum atomic E-state index is 13.6. The van der Waals surface area contributed by atoms with Gasteiger partial charge in [0.25, 0.3) is 0 Å². The van der Waals surface area contributed by atoms with Crippen LogP contribution in [0.4, 0.5) is 17.6 Å². The molecule has 2 rings (SSSR count). The Morgan fingerprint density at radius 2 is 1.81 bits per heavy atom. The Balaban J connectivity index is 2.40. The van der Waals surface area contributed by atoms with Crippen LogP contribution in [0.25, 0.3) is 0 Å². The molecule has 112 valence electrons. The number of nitrogens with zero attached hydrogens (tertiary/aromatic N) is 2. The van der Waals surface area contributed by atoms with Crippen LogP contribution in [0.15, 0.2) is 30.6 Å². The van der Waals surface area contributed by atoms with Crippen molar-refractivity contribution < 1.29 is 17.6 Å². The van der Waals surface area contributed by atoms with Gasteiger partial charge in [-0.2, -0.15) is 13.2 Å². The van der Waals surface area contributed by atoms with Gasteiger partial charge in [0.1, 0.15) is 11.9 Å². The second kappa shape index (κ2) is 5.74. The number of halogens is 4. The fourth-order valence-corrected chi connectivity index (χ4v) is 1.81. The molecule has 1 aromatic carbocycles. The van der Waals surface area contributed by atoms with Gasteiger partial charge in [0.05, 0.1) is 5.56 Å². The van der Waals surface area contributed by atoms with E-state index in [0.717, 1.165) is 17.7 Å². The minimum Gasteiger partial charge on any atom is -0.270 e. The zero-order chi connectivity index (χ0) is 15.6. The largest absolute Gasteiger partial charge is 0.419 e. The van der Waals surface area contributed by atoms with Crippen molar-refractivity contribution in [3.05, 3.63) is 58.9 Å². The molecule has 1 unspecified atom stereocenters. The van der Waals surface area contributed by atoms with E-state index in [1.165, 1.54) is 12.4 Å². The first-order chi connectivity index (χ1) is 9.82. The van der Waals surface area contributed by atoms with Gasteiger partial charge in [-0.15, -0.1) is 0 Å². The molecule has 3 N–H and O–H groups in total. The van der Waals surface area contributed by atoms with E-state index in [2.05, 4.69) is 15.4 Å². The van der Waals surface area contributed by atoms with E-state index in [1.807, 2.05) is 0 Å². The zero-order valence-corrected chi connectivity index (χ0v) is 10.9. The zero-order valence-electron chi connectivity index (χ0n) is 10.9. The summed E-state index contributed by atoms with van der Waals surface area (Å²) in [5.41, 5.74) is 2.05. The Morgan fingerprint density at radius 3 is 2.29 bits per heavy atom. The highest BCUT2D eigenvalue weighted by atomic mass is 19.4. The molecule has 0 aliphatic carbocycles. The van der Waals surface area contributed by atoms with Crippen molar-refractivity contribution in [3.8, 4) is 0 Å². The van der Waals surface area contributed by atoms with Crippen LogP contribution in [0.2, 0.25) is 0 Å². The van der Waals surface area contributed by atoms with Crippen molar-refractivity contribution in [1.29, 1.82) is 0 Å². The molecular weight excluding hydrogens is 288 g/mol. The van der Waals surface area contributed by atoms with Crippen LogP contribution < -0.4 is 11.3 Å². The van der Waals surface area contributed by atoms with E-state index in [4.69, 9.17) is 5.84 Å². The molecule has 0 saturated carbocycles. The van der Waals surface area contributed by atoms with Gasteiger partial charge in [0.15, 0.2) is 5.82 Å². The Labute approximate surface area is 118 Å². The average molecular weight is 300 g/mol. The molecule has 0 bridgehead atoms. The number of benzene rings is 1. The molecule has 0 spiro atoms. The number of hydrogen-bond acceptors (Lipinski definition) is 4. The maximum Gasteiger partial charge on any atom is 0.419 e. The third kappa shape index (κ3) is 3.34.